The predicted molar refractivity (Wildman–Crippen MR) is 44.4 cm³/mol. The van der Waals surface area contributed by atoms with Crippen LogP contribution in [0.1, 0.15) is 26.7 Å². The maximum absolute atomic E-state index is 12.0. The fraction of sp³-hybridized carbons (Fsp3) is 1.00. The van der Waals surface area contributed by atoms with Crippen LogP contribution in [-0.4, -0.2) is 24.9 Å². The van der Waals surface area contributed by atoms with Gasteiger partial charge in [-0.15, -0.1) is 0 Å². The fourth-order valence-electron chi connectivity index (χ4n) is 0.929. The number of ether oxygens (including phenoxy) is 1. The van der Waals surface area contributed by atoms with Gasteiger partial charge in [-0.25, -0.2) is 0 Å². The summed E-state index contributed by atoms with van der Waals surface area (Å²) in [6.07, 6.45) is -5.17. The first-order valence-corrected chi connectivity index (χ1v) is 4.34. The first-order valence-electron chi connectivity index (χ1n) is 4.34. The van der Waals surface area contributed by atoms with E-state index in [9.17, 15) is 13.2 Å². The van der Waals surface area contributed by atoms with E-state index in [4.69, 9.17) is 10.5 Å². The van der Waals surface area contributed by atoms with Gasteiger partial charge < -0.3 is 10.5 Å². The Balaban J connectivity index is 3.93. The molecule has 0 fully saturated rings. The minimum Gasteiger partial charge on any atom is -0.365 e. The molecule has 0 aliphatic rings. The molecule has 0 aromatic carbocycles. The lowest BCUT2D eigenvalue weighted by molar-refractivity contribution is -0.226. The van der Waals surface area contributed by atoms with Crippen molar-refractivity contribution in [2.24, 2.45) is 5.73 Å². The Morgan fingerprint density at radius 2 is 1.92 bits per heavy atom. The molecule has 13 heavy (non-hydrogen) atoms. The molecule has 2 N–H and O–H groups in total. The molecule has 0 aromatic heterocycles. The molecule has 0 bridgehead atoms. The van der Waals surface area contributed by atoms with Crippen molar-refractivity contribution >= 4 is 0 Å². The molecule has 0 aliphatic heterocycles. The van der Waals surface area contributed by atoms with Gasteiger partial charge >= 0.3 is 6.18 Å². The predicted octanol–water partition coefficient (Wildman–Crippen LogP) is 2.08. The number of hydrogen-bond donors (Lipinski definition) is 1. The topological polar surface area (TPSA) is 35.2 Å². The molecule has 80 valence electrons. The molecule has 2 atom stereocenters. The Kier molecular flexibility index (Phi) is 5.32. The third-order valence-electron chi connectivity index (χ3n) is 1.73. The highest BCUT2D eigenvalue weighted by molar-refractivity contribution is 4.66. The minimum atomic E-state index is -4.29. The first-order chi connectivity index (χ1) is 5.91. The summed E-state index contributed by atoms with van der Waals surface area (Å²) in [5.41, 5.74) is 5.26. The second-order valence-electron chi connectivity index (χ2n) is 2.97. The summed E-state index contributed by atoms with van der Waals surface area (Å²) in [5.74, 6) is 0. The molecule has 0 spiro atoms. The molecular formula is C8H16F3NO. The van der Waals surface area contributed by atoms with E-state index >= 15 is 0 Å². The van der Waals surface area contributed by atoms with Gasteiger partial charge in [0.05, 0.1) is 6.10 Å². The molecule has 5 heteroatoms. The van der Waals surface area contributed by atoms with Gasteiger partial charge in [0, 0.05) is 6.54 Å². The summed E-state index contributed by atoms with van der Waals surface area (Å²) < 4.78 is 40.8. The van der Waals surface area contributed by atoms with E-state index in [0.29, 0.717) is 6.42 Å². The lowest BCUT2D eigenvalue weighted by Gasteiger charge is -2.22. The van der Waals surface area contributed by atoms with Crippen LogP contribution in [0.5, 0.6) is 0 Å². The van der Waals surface area contributed by atoms with Gasteiger partial charge in [0.1, 0.15) is 0 Å². The average molecular weight is 199 g/mol. The summed E-state index contributed by atoms with van der Waals surface area (Å²) >= 11 is 0. The van der Waals surface area contributed by atoms with Crippen molar-refractivity contribution in [1.82, 2.24) is 0 Å². The SMILES string of the molecule is CCCC(CN)OC(C)C(F)(F)F. The Hall–Kier alpha value is -0.290. The second-order valence-corrected chi connectivity index (χ2v) is 2.97. The highest BCUT2D eigenvalue weighted by Crippen LogP contribution is 2.23. The van der Waals surface area contributed by atoms with Gasteiger partial charge in [-0.2, -0.15) is 13.2 Å². The smallest absolute Gasteiger partial charge is 0.365 e. The van der Waals surface area contributed by atoms with E-state index in [1.807, 2.05) is 6.92 Å². The molecule has 0 aromatic rings. The lowest BCUT2D eigenvalue weighted by atomic mass is 10.2. The molecule has 0 amide bonds. The number of nitrogens with two attached hydrogens (primary N) is 1. The standard InChI is InChI=1S/C8H16F3NO/c1-3-4-7(5-12)13-6(2)8(9,10)11/h6-7H,3-5,12H2,1-2H3. The molecule has 0 radical (unpaired) electrons. The largest absolute Gasteiger partial charge is 0.414 e. The van der Waals surface area contributed by atoms with Gasteiger partial charge in [-0.05, 0) is 13.3 Å². The van der Waals surface area contributed by atoms with E-state index in [0.717, 1.165) is 13.3 Å². The molecule has 0 saturated heterocycles. The zero-order valence-electron chi connectivity index (χ0n) is 7.90. The normalized spacial score (nSPS) is 17.1. The zero-order chi connectivity index (χ0) is 10.5. The lowest BCUT2D eigenvalue weighted by Crippen LogP contribution is -2.35. The quantitative estimate of drug-likeness (QED) is 0.735. The van der Waals surface area contributed by atoms with E-state index < -0.39 is 18.4 Å². The number of rotatable bonds is 5. The van der Waals surface area contributed by atoms with Crippen molar-refractivity contribution in [3.63, 3.8) is 0 Å². The summed E-state index contributed by atoms with van der Waals surface area (Å²) in [7, 11) is 0. The van der Waals surface area contributed by atoms with Gasteiger partial charge in [0.25, 0.3) is 0 Å². The molecule has 2 nitrogen and oxygen atoms in total. The van der Waals surface area contributed by atoms with Crippen LogP contribution in [0.4, 0.5) is 13.2 Å². The third-order valence-corrected chi connectivity index (χ3v) is 1.73. The van der Waals surface area contributed by atoms with E-state index in [-0.39, 0.29) is 6.54 Å². The van der Waals surface area contributed by atoms with E-state index in [1.54, 1.807) is 0 Å². The minimum absolute atomic E-state index is 0.133. The summed E-state index contributed by atoms with van der Waals surface area (Å²) in [6, 6.07) is 0. The first kappa shape index (κ1) is 12.7. The molecule has 2 unspecified atom stereocenters. The van der Waals surface area contributed by atoms with Crippen molar-refractivity contribution in [2.75, 3.05) is 6.54 Å². The highest BCUT2D eigenvalue weighted by Gasteiger charge is 2.38. The number of alkyl halides is 3. The Bertz CT molecular complexity index is 138. The summed E-state index contributed by atoms with van der Waals surface area (Å²) in [4.78, 5) is 0. The zero-order valence-corrected chi connectivity index (χ0v) is 7.90. The van der Waals surface area contributed by atoms with Crippen LogP contribution in [0.2, 0.25) is 0 Å². The summed E-state index contributed by atoms with van der Waals surface area (Å²) in [6.45, 7) is 3.01. The van der Waals surface area contributed by atoms with Gasteiger partial charge in [0.15, 0.2) is 6.10 Å². The van der Waals surface area contributed by atoms with Crippen molar-refractivity contribution < 1.29 is 17.9 Å². The number of hydrogen-bond acceptors (Lipinski definition) is 2. The Labute approximate surface area is 76.2 Å². The molecule has 0 aliphatic carbocycles. The van der Waals surface area contributed by atoms with Gasteiger partial charge in [-0.3, -0.25) is 0 Å². The van der Waals surface area contributed by atoms with Crippen LogP contribution >= 0.6 is 0 Å². The maximum Gasteiger partial charge on any atom is 0.414 e. The Morgan fingerprint density at radius 1 is 1.38 bits per heavy atom. The molecule has 0 saturated carbocycles. The number of halogens is 3. The van der Waals surface area contributed by atoms with Crippen LogP contribution in [0.15, 0.2) is 0 Å². The third kappa shape index (κ3) is 5.10. The molecule has 0 rings (SSSR count). The summed E-state index contributed by atoms with van der Waals surface area (Å²) in [5, 5.41) is 0. The fourth-order valence-corrected chi connectivity index (χ4v) is 0.929. The molecular weight excluding hydrogens is 183 g/mol. The van der Waals surface area contributed by atoms with E-state index in [2.05, 4.69) is 0 Å². The van der Waals surface area contributed by atoms with Gasteiger partial charge in [-0.1, -0.05) is 13.3 Å². The van der Waals surface area contributed by atoms with Crippen LogP contribution in [0.3, 0.4) is 0 Å². The maximum atomic E-state index is 12.0. The molecule has 0 heterocycles. The van der Waals surface area contributed by atoms with Crippen molar-refractivity contribution in [1.29, 1.82) is 0 Å². The van der Waals surface area contributed by atoms with E-state index in [1.165, 1.54) is 0 Å². The second kappa shape index (κ2) is 5.44. The highest BCUT2D eigenvalue weighted by atomic mass is 19.4. The van der Waals surface area contributed by atoms with Crippen LogP contribution in [-0.2, 0) is 4.74 Å². The van der Waals surface area contributed by atoms with Gasteiger partial charge in [0.2, 0.25) is 0 Å². The Morgan fingerprint density at radius 3 is 2.23 bits per heavy atom. The van der Waals surface area contributed by atoms with Crippen molar-refractivity contribution in [3.8, 4) is 0 Å². The van der Waals surface area contributed by atoms with Crippen molar-refractivity contribution in [3.05, 3.63) is 0 Å². The average Bonchev–Trinajstić information content (AvgIpc) is 2.01. The van der Waals surface area contributed by atoms with Crippen LogP contribution in [0, 0.1) is 0 Å². The monoisotopic (exact) mass is 199 g/mol. The van der Waals surface area contributed by atoms with Crippen LogP contribution < -0.4 is 5.73 Å². The van der Waals surface area contributed by atoms with Crippen LogP contribution in [0.25, 0.3) is 0 Å². The van der Waals surface area contributed by atoms with Crippen molar-refractivity contribution in [2.45, 2.75) is 45.1 Å².